The summed E-state index contributed by atoms with van der Waals surface area (Å²) in [5.74, 6) is 0.0525. The molecular formula is C16H20ClN2OS+. The second-order valence-corrected chi connectivity index (χ2v) is 6.50. The van der Waals surface area contributed by atoms with Crippen molar-refractivity contribution in [2.75, 3.05) is 6.54 Å². The molecule has 1 aromatic heterocycles. The predicted molar refractivity (Wildman–Crippen MR) is 87.5 cm³/mol. The van der Waals surface area contributed by atoms with Crippen LogP contribution >= 0.6 is 22.9 Å². The van der Waals surface area contributed by atoms with Crippen molar-refractivity contribution in [2.24, 2.45) is 0 Å². The van der Waals surface area contributed by atoms with Crippen LogP contribution in [-0.2, 0) is 4.79 Å². The van der Waals surface area contributed by atoms with E-state index in [2.05, 4.69) is 12.2 Å². The highest BCUT2D eigenvalue weighted by Crippen LogP contribution is 2.17. The Morgan fingerprint density at radius 1 is 1.29 bits per heavy atom. The molecule has 0 saturated heterocycles. The predicted octanol–water partition coefficient (Wildman–Crippen LogP) is 2.90. The van der Waals surface area contributed by atoms with Gasteiger partial charge in [-0.1, -0.05) is 29.8 Å². The Bertz CT molecular complexity index is 568. The van der Waals surface area contributed by atoms with Crippen molar-refractivity contribution in [1.82, 2.24) is 5.32 Å². The minimum Gasteiger partial charge on any atom is -0.344 e. The Balaban J connectivity index is 1.79. The zero-order chi connectivity index (χ0) is 15.2. The topological polar surface area (TPSA) is 45.7 Å². The zero-order valence-corrected chi connectivity index (χ0v) is 13.7. The number of nitrogens with two attached hydrogens (primary N) is 1. The Hall–Kier alpha value is -1.36. The summed E-state index contributed by atoms with van der Waals surface area (Å²) in [7, 11) is 0. The SMILES string of the molecule is C[C@H](NC(=O)C[NH2+][C@H](C)c1ccc(Cl)cc1)c1cccs1. The maximum Gasteiger partial charge on any atom is 0.275 e. The number of halogens is 1. The minimum absolute atomic E-state index is 0.0525. The van der Waals surface area contributed by atoms with Crippen LogP contribution in [0.25, 0.3) is 0 Å². The number of hydrogen-bond acceptors (Lipinski definition) is 2. The standard InChI is InChI=1S/C16H19ClN2OS/c1-11(13-5-7-14(17)8-6-13)18-10-16(20)19-12(2)15-4-3-9-21-15/h3-9,11-12,18H,10H2,1-2H3,(H,19,20)/p+1/t11-,12+/m1/s1. The van der Waals surface area contributed by atoms with Crippen LogP contribution in [0.5, 0.6) is 0 Å². The van der Waals surface area contributed by atoms with Gasteiger partial charge in [0.15, 0.2) is 6.54 Å². The number of thiophene rings is 1. The van der Waals surface area contributed by atoms with Crippen molar-refractivity contribution >= 4 is 28.8 Å². The van der Waals surface area contributed by atoms with Crippen LogP contribution in [0.2, 0.25) is 5.02 Å². The molecule has 2 atom stereocenters. The molecule has 5 heteroatoms. The molecule has 0 fully saturated rings. The fraction of sp³-hybridized carbons (Fsp3) is 0.312. The molecule has 1 aromatic carbocycles. The number of carbonyl (C=O) groups excluding carboxylic acids is 1. The van der Waals surface area contributed by atoms with Crippen molar-refractivity contribution in [1.29, 1.82) is 0 Å². The molecule has 21 heavy (non-hydrogen) atoms. The fourth-order valence-electron chi connectivity index (χ4n) is 2.10. The summed E-state index contributed by atoms with van der Waals surface area (Å²) < 4.78 is 0. The number of benzene rings is 1. The smallest absolute Gasteiger partial charge is 0.275 e. The minimum atomic E-state index is 0.0525. The van der Waals surface area contributed by atoms with Crippen molar-refractivity contribution in [3.05, 3.63) is 57.2 Å². The van der Waals surface area contributed by atoms with Crippen LogP contribution in [0, 0.1) is 0 Å². The summed E-state index contributed by atoms with van der Waals surface area (Å²) in [4.78, 5) is 13.2. The lowest BCUT2D eigenvalue weighted by Crippen LogP contribution is -2.87. The molecule has 0 bridgehead atoms. The first-order valence-electron chi connectivity index (χ1n) is 6.98. The number of rotatable bonds is 6. The molecule has 112 valence electrons. The summed E-state index contributed by atoms with van der Waals surface area (Å²) in [6.45, 7) is 4.51. The van der Waals surface area contributed by atoms with E-state index in [0.29, 0.717) is 6.54 Å². The molecule has 0 aliphatic heterocycles. The lowest BCUT2D eigenvalue weighted by molar-refractivity contribution is -0.682. The molecule has 0 spiro atoms. The third kappa shape index (κ3) is 4.84. The van der Waals surface area contributed by atoms with Gasteiger partial charge in [-0.25, -0.2) is 0 Å². The quantitative estimate of drug-likeness (QED) is 0.843. The molecule has 1 heterocycles. The first-order valence-corrected chi connectivity index (χ1v) is 8.23. The van der Waals surface area contributed by atoms with Gasteiger partial charge in [-0.3, -0.25) is 4.79 Å². The molecule has 0 saturated carbocycles. The van der Waals surface area contributed by atoms with Gasteiger partial charge in [-0.15, -0.1) is 11.3 Å². The van der Waals surface area contributed by atoms with Crippen LogP contribution in [0.3, 0.4) is 0 Å². The van der Waals surface area contributed by atoms with Crippen LogP contribution in [0.1, 0.15) is 36.4 Å². The molecule has 3 nitrogen and oxygen atoms in total. The van der Waals surface area contributed by atoms with Gasteiger partial charge in [-0.05, 0) is 37.4 Å². The summed E-state index contributed by atoms with van der Waals surface area (Å²) >= 11 is 7.53. The Morgan fingerprint density at radius 3 is 2.62 bits per heavy atom. The number of hydrogen-bond donors (Lipinski definition) is 2. The molecule has 0 radical (unpaired) electrons. The molecule has 1 amide bonds. The summed E-state index contributed by atoms with van der Waals surface area (Å²) in [5, 5.41) is 7.80. The average Bonchev–Trinajstić information content (AvgIpc) is 3.00. The third-order valence-corrected chi connectivity index (χ3v) is 4.71. The lowest BCUT2D eigenvalue weighted by atomic mass is 10.1. The van der Waals surface area contributed by atoms with Gasteiger partial charge >= 0.3 is 0 Å². The first kappa shape index (κ1) is 16.0. The highest BCUT2D eigenvalue weighted by atomic mass is 35.5. The highest BCUT2D eigenvalue weighted by Gasteiger charge is 2.14. The van der Waals surface area contributed by atoms with Gasteiger partial charge in [0.1, 0.15) is 6.04 Å². The Labute approximate surface area is 134 Å². The van der Waals surface area contributed by atoms with Gasteiger partial charge in [0, 0.05) is 15.5 Å². The van der Waals surface area contributed by atoms with Crippen molar-refractivity contribution in [3.8, 4) is 0 Å². The molecule has 2 aromatic rings. The molecule has 2 rings (SSSR count). The Morgan fingerprint density at radius 2 is 2.00 bits per heavy atom. The van der Waals surface area contributed by atoms with Crippen molar-refractivity contribution in [2.45, 2.75) is 25.9 Å². The molecule has 0 unspecified atom stereocenters. The second-order valence-electron chi connectivity index (χ2n) is 5.08. The zero-order valence-electron chi connectivity index (χ0n) is 12.2. The van der Waals surface area contributed by atoms with E-state index in [9.17, 15) is 4.79 Å². The number of carbonyl (C=O) groups is 1. The first-order chi connectivity index (χ1) is 10.1. The summed E-state index contributed by atoms with van der Waals surface area (Å²) in [6.07, 6.45) is 0. The number of quaternary nitrogens is 1. The number of nitrogens with one attached hydrogen (secondary N) is 1. The molecule has 0 aliphatic rings. The average molecular weight is 324 g/mol. The van der Waals surface area contributed by atoms with E-state index in [1.807, 2.05) is 54.0 Å². The number of amides is 1. The van der Waals surface area contributed by atoms with Crippen LogP contribution in [0.15, 0.2) is 41.8 Å². The summed E-state index contributed by atoms with van der Waals surface area (Å²) in [6, 6.07) is 12.1. The van der Waals surface area contributed by atoms with E-state index in [4.69, 9.17) is 11.6 Å². The van der Waals surface area contributed by atoms with Gasteiger partial charge in [0.2, 0.25) is 0 Å². The monoisotopic (exact) mass is 323 g/mol. The van der Waals surface area contributed by atoms with E-state index in [1.54, 1.807) is 11.3 Å². The maximum atomic E-state index is 12.0. The maximum absolute atomic E-state index is 12.0. The van der Waals surface area contributed by atoms with E-state index in [1.165, 1.54) is 10.4 Å². The normalized spacial score (nSPS) is 13.7. The Kier molecular flexibility index (Phi) is 5.79. The van der Waals surface area contributed by atoms with Gasteiger partial charge in [0.25, 0.3) is 5.91 Å². The van der Waals surface area contributed by atoms with E-state index < -0.39 is 0 Å². The van der Waals surface area contributed by atoms with Gasteiger partial charge in [0.05, 0.1) is 6.04 Å². The van der Waals surface area contributed by atoms with Crippen LogP contribution in [-0.4, -0.2) is 12.5 Å². The second kappa shape index (κ2) is 7.59. The molecule has 0 aliphatic carbocycles. The van der Waals surface area contributed by atoms with Crippen LogP contribution < -0.4 is 10.6 Å². The fourth-order valence-corrected chi connectivity index (χ4v) is 2.96. The van der Waals surface area contributed by atoms with E-state index >= 15 is 0 Å². The van der Waals surface area contributed by atoms with Crippen molar-refractivity contribution in [3.63, 3.8) is 0 Å². The van der Waals surface area contributed by atoms with E-state index in [-0.39, 0.29) is 18.0 Å². The van der Waals surface area contributed by atoms with Gasteiger partial charge in [-0.2, -0.15) is 0 Å². The van der Waals surface area contributed by atoms with E-state index in [0.717, 1.165) is 5.02 Å². The summed E-state index contributed by atoms with van der Waals surface area (Å²) in [5.41, 5.74) is 1.17. The van der Waals surface area contributed by atoms with Gasteiger partial charge < -0.3 is 10.6 Å². The van der Waals surface area contributed by atoms with Crippen LogP contribution in [0.4, 0.5) is 0 Å². The largest absolute Gasteiger partial charge is 0.344 e. The van der Waals surface area contributed by atoms with Crippen molar-refractivity contribution < 1.29 is 10.1 Å². The highest BCUT2D eigenvalue weighted by molar-refractivity contribution is 7.10. The molecule has 3 N–H and O–H groups in total. The third-order valence-electron chi connectivity index (χ3n) is 3.40. The lowest BCUT2D eigenvalue weighted by Gasteiger charge is -2.14. The molecular weight excluding hydrogens is 304 g/mol.